The topological polar surface area (TPSA) is 68.2 Å². The Hall–Kier alpha value is -2.25. The summed E-state index contributed by atoms with van der Waals surface area (Å²) in [6.07, 6.45) is 4.76. The van der Waals surface area contributed by atoms with E-state index in [1.54, 1.807) is 30.3 Å². The summed E-state index contributed by atoms with van der Waals surface area (Å²) in [5.74, 6) is 1.43. The molecule has 0 aromatic heterocycles. The molecule has 33 heavy (non-hydrogen) atoms. The van der Waals surface area contributed by atoms with Crippen LogP contribution in [-0.2, 0) is 0 Å². The highest BCUT2D eigenvalue weighted by Gasteiger charge is 2.29. The lowest BCUT2D eigenvalue weighted by atomic mass is 9.92. The van der Waals surface area contributed by atoms with Gasteiger partial charge < -0.3 is 24.2 Å². The van der Waals surface area contributed by atoms with Gasteiger partial charge in [-0.2, -0.15) is 0 Å². The third-order valence-corrected chi connectivity index (χ3v) is 6.99. The van der Waals surface area contributed by atoms with Gasteiger partial charge >= 0.3 is 0 Å². The average molecular weight is 520 g/mol. The van der Waals surface area contributed by atoms with Crippen LogP contribution in [0.1, 0.15) is 73.5 Å². The zero-order chi connectivity index (χ0) is 24.1. The van der Waals surface area contributed by atoms with E-state index >= 15 is 0 Å². The maximum Gasteiger partial charge on any atom is 0.254 e. The predicted molar refractivity (Wildman–Crippen MR) is 132 cm³/mol. The molecule has 2 aromatic rings. The van der Waals surface area contributed by atoms with Crippen molar-refractivity contribution in [2.75, 3.05) is 21.3 Å². The Balaban J connectivity index is 1.90. The Morgan fingerprint density at radius 1 is 1.00 bits per heavy atom. The number of carbonyl (C=O) groups is 1. The van der Waals surface area contributed by atoms with Crippen LogP contribution in [0, 0.1) is 0 Å². The average Bonchev–Trinajstić information content (AvgIpc) is 2.83. The summed E-state index contributed by atoms with van der Waals surface area (Å²) in [7, 11) is 4.61. The lowest BCUT2D eigenvalue weighted by Gasteiger charge is -2.37. The molecule has 180 valence electrons. The summed E-state index contributed by atoms with van der Waals surface area (Å²) in [6.45, 7) is 4.15. The fourth-order valence-corrected chi connectivity index (χ4v) is 5.25. The van der Waals surface area contributed by atoms with Crippen LogP contribution in [0.2, 0.25) is 0 Å². The highest BCUT2D eigenvalue weighted by atomic mass is 79.9. The summed E-state index contributed by atoms with van der Waals surface area (Å²) < 4.78 is 16.9. The van der Waals surface area contributed by atoms with Gasteiger partial charge in [-0.25, -0.2) is 0 Å². The van der Waals surface area contributed by atoms with Crippen molar-refractivity contribution >= 4 is 21.8 Å². The fourth-order valence-electron chi connectivity index (χ4n) is 4.65. The molecule has 1 atom stereocenters. The van der Waals surface area contributed by atoms with Crippen LogP contribution < -0.4 is 14.2 Å². The Morgan fingerprint density at radius 3 is 2.09 bits per heavy atom. The minimum Gasteiger partial charge on any atom is -0.493 e. The number of amides is 1. The Bertz CT molecular complexity index is 946. The maximum atomic E-state index is 13.4. The van der Waals surface area contributed by atoms with Gasteiger partial charge in [0.15, 0.2) is 11.5 Å². The molecule has 1 aliphatic carbocycles. The second-order valence-corrected chi connectivity index (χ2v) is 9.55. The molecule has 7 heteroatoms. The fraction of sp³-hybridized carbons (Fsp3) is 0.500. The van der Waals surface area contributed by atoms with E-state index in [2.05, 4.69) is 29.8 Å². The van der Waals surface area contributed by atoms with Gasteiger partial charge in [-0.1, -0.05) is 41.3 Å². The molecule has 1 unspecified atom stereocenters. The molecule has 0 aliphatic heterocycles. The molecule has 0 saturated heterocycles. The molecular formula is C26H34BrNO5. The summed E-state index contributed by atoms with van der Waals surface area (Å²) >= 11 is 3.58. The summed E-state index contributed by atoms with van der Waals surface area (Å²) in [6, 6.07) is 9.25. The van der Waals surface area contributed by atoms with E-state index in [0.717, 1.165) is 12.8 Å². The summed E-state index contributed by atoms with van der Waals surface area (Å²) in [4.78, 5) is 15.4. The molecular weight excluding hydrogens is 486 g/mol. The van der Waals surface area contributed by atoms with E-state index in [1.165, 1.54) is 40.6 Å². The molecule has 1 aliphatic rings. The standard InChI is InChI=1S/C26H34BrNO5/c1-16(2)28(19-9-7-6-8-10-19)26(30)17-11-12-20(21(27)13-17)24(29)18-14-22(31-3)25(33-5)23(15-18)32-4/h11-16,19,24,29H,6-10H2,1-5H3. The minimum atomic E-state index is -0.947. The molecule has 6 nitrogen and oxygen atoms in total. The summed E-state index contributed by atoms with van der Waals surface area (Å²) in [5, 5.41) is 11.1. The Morgan fingerprint density at radius 2 is 1.61 bits per heavy atom. The van der Waals surface area contributed by atoms with Crippen LogP contribution in [0.4, 0.5) is 0 Å². The van der Waals surface area contributed by atoms with Gasteiger partial charge in [-0.15, -0.1) is 0 Å². The normalized spacial score (nSPS) is 15.3. The van der Waals surface area contributed by atoms with Crippen LogP contribution in [0.15, 0.2) is 34.8 Å². The van der Waals surface area contributed by atoms with Crippen molar-refractivity contribution in [3.63, 3.8) is 0 Å². The zero-order valence-corrected chi connectivity index (χ0v) is 21.6. The lowest BCUT2D eigenvalue weighted by Crippen LogP contribution is -2.45. The van der Waals surface area contributed by atoms with Crippen LogP contribution in [-0.4, -0.2) is 49.3 Å². The predicted octanol–water partition coefficient (Wildman–Crippen LogP) is 5.74. The number of rotatable bonds is 8. The number of nitrogens with zero attached hydrogens (tertiary/aromatic N) is 1. The number of benzene rings is 2. The molecule has 0 spiro atoms. The second-order valence-electron chi connectivity index (χ2n) is 8.70. The van der Waals surface area contributed by atoms with Crippen molar-refractivity contribution < 1.29 is 24.1 Å². The van der Waals surface area contributed by atoms with E-state index in [9.17, 15) is 9.90 Å². The number of hydrogen-bond donors (Lipinski definition) is 1. The van der Waals surface area contributed by atoms with E-state index < -0.39 is 6.10 Å². The second kappa shape index (κ2) is 11.3. The molecule has 0 radical (unpaired) electrons. The largest absolute Gasteiger partial charge is 0.493 e. The number of carbonyl (C=O) groups excluding carboxylic acids is 1. The third kappa shape index (κ3) is 5.46. The van der Waals surface area contributed by atoms with Gasteiger partial charge in [0, 0.05) is 22.1 Å². The van der Waals surface area contributed by atoms with Gasteiger partial charge in [0.2, 0.25) is 5.75 Å². The van der Waals surface area contributed by atoms with Crippen molar-refractivity contribution in [1.29, 1.82) is 0 Å². The van der Waals surface area contributed by atoms with Gasteiger partial charge in [0.25, 0.3) is 5.91 Å². The molecule has 2 aromatic carbocycles. The van der Waals surface area contributed by atoms with Gasteiger partial charge in [-0.3, -0.25) is 4.79 Å². The van der Waals surface area contributed by atoms with E-state index in [-0.39, 0.29) is 18.0 Å². The Labute approximate surface area is 205 Å². The van der Waals surface area contributed by atoms with E-state index in [1.807, 2.05) is 4.90 Å². The quantitative estimate of drug-likeness (QED) is 0.481. The SMILES string of the molecule is COc1cc(C(O)c2ccc(C(=O)N(C(C)C)C3CCCCC3)cc2Br)cc(OC)c1OC. The van der Waals surface area contributed by atoms with Crippen LogP contribution in [0.25, 0.3) is 0 Å². The molecule has 1 saturated carbocycles. The van der Waals surface area contributed by atoms with Crippen molar-refractivity contribution in [2.24, 2.45) is 0 Å². The van der Waals surface area contributed by atoms with Crippen molar-refractivity contribution in [1.82, 2.24) is 4.90 Å². The van der Waals surface area contributed by atoms with Crippen LogP contribution in [0.3, 0.4) is 0 Å². The number of ether oxygens (including phenoxy) is 3. The number of hydrogen-bond acceptors (Lipinski definition) is 5. The Kier molecular flexibility index (Phi) is 8.65. The molecule has 0 bridgehead atoms. The van der Waals surface area contributed by atoms with Crippen LogP contribution >= 0.6 is 15.9 Å². The first kappa shape index (κ1) is 25.4. The van der Waals surface area contributed by atoms with Gasteiger partial charge in [0.05, 0.1) is 21.3 Å². The van der Waals surface area contributed by atoms with Crippen molar-refractivity contribution in [2.45, 2.75) is 64.1 Å². The monoisotopic (exact) mass is 519 g/mol. The summed E-state index contributed by atoms with van der Waals surface area (Å²) in [5.41, 5.74) is 1.85. The smallest absolute Gasteiger partial charge is 0.254 e. The van der Waals surface area contributed by atoms with Crippen LogP contribution in [0.5, 0.6) is 17.2 Å². The van der Waals surface area contributed by atoms with E-state index in [4.69, 9.17) is 14.2 Å². The highest BCUT2D eigenvalue weighted by Crippen LogP contribution is 2.41. The lowest BCUT2D eigenvalue weighted by molar-refractivity contribution is 0.0555. The highest BCUT2D eigenvalue weighted by molar-refractivity contribution is 9.10. The van der Waals surface area contributed by atoms with Gasteiger partial charge in [0.1, 0.15) is 6.10 Å². The first-order valence-corrected chi connectivity index (χ1v) is 12.2. The number of halogens is 1. The molecule has 3 rings (SSSR count). The number of aliphatic hydroxyl groups is 1. The number of aliphatic hydroxyl groups excluding tert-OH is 1. The molecule has 0 heterocycles. The number of methoxy groups -OCH3 is 3. The molecule has 1 fully saturated rings. The molecule has 1 N–H and O–H groups in total. The first-order chi connectivity index (χ1) is 15.8. The van der Waals surface area contributed by atoms with Gasteiger partial charge in [-0.05, 0) is 62.1 Å². The van der Waals surface area contributed by atoms with Crippen molar-refractivity contribution in [3.8, 4) is 17.2 Å². The first-order valence-electron chi connectivity index (χ1n) is 11.4. The third-order valence-electron chi connectivity index (χ3n) is 6.30. The van der Waals surface area contributed by atoms with E-state index in [0.29, 0.717) is 38.4 Å². The molecule has 1 amide bonds. The maximum absolute atomic E-state index is 13.4. The minimum absolute atomic E-state index is 0.0337. The van der Waals surface area contributed by atoms with Crippen molar-refractivity contribution in [3.05, 3.63) is 51.5 Å². The zero-order valence-electron chi connectivity index (χ0n) is 20.1.